The number of rotatable bonds is 8. The molecule has 2 aromatic heterocycles. The fraction of sp³-hybridized carbons (Fsp3) is 0.344. The predicted octanol–water partition coefficient (Wildman–Crippen LogP) is 2.92. The first kappa shape index (κ1) is 30.0. The fourth-order valence-electron chi connectivity index (χ4n) is 5.89. The van der Waals surface area contributed by atoms with Gasteiger partial charge in [-0.2, -0.15) is 0 Å². The number of nitrogens with zero attached hydrogens (tertiary/aromatic N) is 6. The van der Waals surface area contributed by atoms with Crippen molar-refractivity contribution in [3.05, 3.63) is 65.9 Å². The maximum absolute atomic E-state index is 16.4. The Kier molecular flexibility index (Phi) is 8.35. The molecule has 0 spiro atoms. The number of fused-ring (bicyclic) bond motifs is 1. The third-order valence-corrected chi connectivity index (χ3v) is 8.24. The number of aryl methyl sites for hydroxylation is 1. The van der Waals surface area contributed by atoms with Gasteiger partial charge in [0.2, 0.25) is 11.8 Å². The number of anilines is 1. The van der Waals surface area contributed by atoms with Gasteiger partial charge in [0.1, 0.15) is 11.4 Å². The first-order chi connectivity index (χ1) is 21.7. The van der Waals surface area contributed by atoms with Crippen molar-refractivity contribution in [1.82, 2.24) is 35.1 Å². The first-order valence-corrected chi connectivity index (χ1v) is 14.8. The van der Waals surface area contributed by atoms with Gasteiger partial charge in [0, 0.05) is 81.2 Å². The minimum absolute atomic E-state index is 0.0374. The summed E-state index contributed by atoms with van der Waals surface area (Å²) >= 11 is 0. The number of carbonyl (C=O) groups excluding carboxylic acids is 3. The lowest BCUT2D eigenvalue weighted by Crippen LogP contribution is -2.48. The summed E-state index contributed by atoms with van der Waals surface area (Å²) in [5.41, 5.74) is 3.47. The average molecular weight is 615 g/mol. The van der Waals surface area contributed by atoms with Gasteiger partial charge in [-0.3, -0.25) is 19.1 Å². The zero-order chi connectivity index (χ0) is 31.7. The van der Waals surface area contributed by atoms with E-state index in [-0.39, 0.29) is 48.4 Å². The molecule has 2 aliphatic rings. The van der Waals surface area contributed by atoms with Crippen LogP contribution >= 0.6 is 0 Å². The highest BCUT2D eigenvalue weighted by atomic mass is 19.1. The van der Waals surface area contributed by atoms with Crippen molar-refractivity contribution in [3.8, 4) is 16.9 Å². The smallest absolute Gasteiger partial charge is 0.269 e. The van der Waals surface area contributed by atoms with Gasteiger partial charge in [0.25, 0.3) is 5.91 Å². The van der Waals surface area contributed by atoms with Crippen molar-refractivity contribution in [3.63, 3.8) is 0 Å². The average Bonchev–Trinajstić information content (AvgIpc) is 3.75. The van der Waals surface area contributed by atoms with Crippen LogP contribution in [-0.4, -0.2) is 101 Å². The number of methoxy groups -OCH3 is 1. The summed E-state index contributed by atoms with van der Waals surface area (Å²) in [6, 6.07) is 8.93. The van der Waals surface area contributed by atoms with Crippen molar-refractivity contribution in [2.45, 2.75) is 19.4 Å². The molecule has 13 heteroatoms. The Bertz CT molecular complexity index is 1800. The molecule has 0 atom stereocenters. The van der Waals surface area contributed by atoms with E-state index in [2.05, 4.69) is 20.6 Å². The number of piperazine rings is 1. The molecule has 6 rings (SSSR count). The lowest BCUT2D eigenvalue weighted by molar-refractivity contribution is -0.131. The summed E-state index contributed by atoms with van der Waals surface area (Å²) in [4.78, 5) is 46.5. The molecule has 2 aliphatic heterocycles. The van der Waals surface area contributed by atoms with E-state index in [0.717, 1.165) is 0 Å². The third kappa shape index (κ3) is 5.90. The van der Waals surface area contributed by atoms with Crippen LogP contribution in [0.4, 0.5) is 10.1 Å². The van der Waals surface area contributed by atoms with Crippen LogP contribution in [0.3, 0.4) is 0 Å². The minimum atomic E-state index is -0.503. The first-order valence-electron chi connectivity index (χ1n) is 14.8. The van der Waals surface area contributed by atoms with Gasteiger partial charge in [-0.25, -0.2) is 4.39 Å². The number of hydrogen-bond acceptors (Lipinski definition) is 7. The Morgan fingerprint density at radius 2 is 1.96 bits per heavy atom. The highest BCUT2D eigenvalue weighted by molar-refractivity contribution is 6.05. The number of aromatic nitrogens is 4. The van der Waals surface area contributed by atoms with E-state index in [1.165, 1.54) is 4.90 Å². The number of benzene rings is 2. The van der Waals surface area contributed by atoms with Gasteiger partial charge in [-0.05, 0) is 41.8 Å². The summed E-state index contributed by atoms with van der Waals surface area (Å²) in [5, 5.41) is 11.3. The summed E-state index contributed by atoms with van der Waals surface area (Å²) in [7, 11) is 4.82. The lowest BCUT2D eigenvalue weighted by atomic mass is 9.92. The maximum Gasteiger partial charge on any atom is 0.269 e. The predicted molar refractivity (Wildman–Crippen MR) is 167 cm³/mol. The van der Waals surface area contributed by atoms with E-state index in [1.54, 1.807) is 66.3 Å². The van der Waals surface area contributed by atoms with Crippen molar-refractivity contribution in [2.24, 2.45) is 0 Å². The fourth-order valence-corrected chi connectivity index (χ4v) is 5.89. The Balaban J connectivity index is 1.41. The van der Waals surface area contributed by atoms with Crippen LogP contribution in [0, 0.1) is 5.82 Å². The standard InChI is InChI=1S/C32H35FN8O4/c1-38(2)32(44)26-17-25-24(22-7-6-21(15-27(22)45-3)41-14-9-34-18-29(41)43)16-23(30(33)31(25)36-26)20-5-4-11-39(19-20)28(42)8-12-40-13-10-35-37-40/h5-7,10,13,15-17,34,36H,4,8-9,11-12,14,18-19H2,1-3H3. The molecular weight excluding hydrogens is 579 g/mol. The Morgan fingerprint density at radius 1 is 1.11 bits per heavy atom. The third-order valence-electron chi connectivity index (χ3n) is 8.24. The second-order valence-corrected chi connectivity index (χ2v) is 11.3. The largest absolute Gasteiger partial charge is 0.496 e. The molecule has 0 bridgehead atoms. The summed E-state index contributed by atoms with van der Waals surface area (Å²) in [5.74, 6) is -0.391. The minimum Gasteiger partial charge on any atom is -0.496 e. The van der Waals surface area contributed by atoms with E-state index in [0.29, 0.717) is 71.7 Å². The molecular formula is C32H35FN8O4. The second kappa shape index (κ2) is 12.5. The van der Waals surface area contributed by atoms with E-state index in [9.17, 15) is 14.4 Å². The molecule has 0 saturated carbocycles. The van der Waals surface area contributed by atoms with Gasteiger partial charge in [-0.15, -0.1) is 5.10 Å². The number of ether oxygens (including phenoxy) is 1. The molecule has 45 heavy (non-hydrogen) atoms. The van der Waals surface area contributed by atoms with Crippen LogP contribution in [0.1, 0.15) is 28.9 Å². The number of hydrogen-bond donors (Lipinski definition) is 2. The summed E-state index contributed by atoms with van der Waals surface area (Å²) < 4.78 is 23.8. The number of nitrogens with one attached hydrogen (secondary N) is 2. The van der Waals surface area contributed by atoms with Crippen molar-refractivity contribution in [2.75, 3.05) is 58.8 Å². The quantitative estimate of drug-likeness (QED) is 0.312. The zero-order valence-electron chi connectivity index (χ0n) is 25.5. The molecule has 3 amide bonds. The molecule has 0 aliphatic carbocycles. The highest BCUT2D eigenvalue weighted by Crippen LogP contribution is 2.41. The molecule has 4 heterocycles. The van der Waals surface area contributed by atoms with Gasteiger partial charge >= 0.3 is 0 Å². The van der Waals surface area contributed by atoms with E-state index in [4.69, 9.17) is 4.74 Å². The van der Waals surface area contributed by atoms with Crippen LogP contribution in [0.5, 0.6) is 5.75 Å². The van der Waals surface area contributed by atoms with E-state index >= 15 is 4.39 Å². The van der Waals surface area contributed by atoms with Gasteiger partial charge in [0.05, 0.1) is 31.9 Å². The maximum atomic E-state index is 16.4. The van der Waals surface area contributed by atoms with Crippen LogP contribution in [-0.2, 0) is 16.1 Å². The molecule has 1 fully saturated rings. The number of H-pyrrole nitrogens is 1. The SMILES string of the molecule is COc1cc(N2CCNCC2=O)ccc1-c1cc(C2=CCCN(C(=O)CCn3ccnn3)C2)c(F)c2[nH]c(C(=O)N(C)C)cc12. The lowest BCUT2D eigenvalue weighted by Gasteiger charge is -2.29. The van der Waals surface area contributed by atoms with Gasteiger partial charge < -0.3 is 29.7 Å². The molecule has 0 radical (unpaired) electrons. The Hall–Kier alpha value is -5.04. The van der Waals surface area contributed by atoms with Crippen LogP contribution in [0.15, 0.2) is 48.8 Å². The van der Waals surface area contributed by atoms with E-state index in [1.807, 2.05) is 18.2 Å². The molecule has 12 nitrogen and oxygen atoms in total. The van der Waals surface area contributed by atoms with Crippen molar-refractivity contribution in [1.29, 1.82) is 0 Å². The summed E-state index contributed by atoms with van der Waals surface area (Å²) in [6.45, 7) is 2.64. The summed E-state index contributed by atoms with van der Waals surface area (Å²) in [6.07, 6.45) is 6.04. The molecule has 0 unspecified atom stereocenters. The second-order valence-electron chi connectivity index (χ2n) is 11.3. The van der Waals surface area contributed by atoms with Gasteiger partial charge in [0.15, 0.2) is 5.82 Å². The number of carbonyl (C=O) groups is 3. The molecule has 4 aromatic rings. The normalized spacial score (nSPS) is 15.4. The van der Waals surface area contributed by atoms with Crippen LogP contribution in [0.25, 0.3) is 27.6 Å². The van der Waals surface area contributed by atoms with Gasteiger partial charge in [-0.1, -0.05) is 11.3 Å². The molecule has 2 aromatic carbocycles. The monoisotopic (exact) mass is 614 g/mol. The number of amides is 3. The molecule has 1 saturated heterocycles. The van der Waals surface area contributed by atoms with Crippen LogP contribution < -0.4 is 15.0 Å². The topological polar surface area (TPSA) is 129 Å². The Morgan fingerprint density at radius 3 is 2.69 bits per heavy atom. The van der Waals surface area contributed by atoms with Crippen molar-refractivity contribution < 1.29 is 23.5 Å². The molecule has 2 N–H and O–H groups in total. The number of halogens is 1. The zero-order valence-corrected chi connectivity index (χ0v) is 25.5. The Labute approximate surface area is 259 Å². The van der Waals surface area contributed by atoms with Crippen molar-refractivity contribution >= 4 is 39.9 Å². The number of aromatic amines is 1. The van der Waals surface area contributed by atoms with E-state index < -0.39 is 5.82 Å². The van der Waals surface area contributed by atoms with Crippen LogP contribution in [0.2, 0.25) is 0 Å². The molecule has 234 valence electrons. The highest BCUT2D eigenvalue weighted by Gasteiger charge is 2.27.